The van der Waals surface area contributed by atoms with Crippen LogP contribution in [-0.2, 0) is 4.79 Å². The number of rotatable bonds is 6. The second-order valence-electron chi connectivity index (χ2n) is 4.76. The minimum Gasteiger partial charge on any atom is -0.481 e. The number of ketones is 1. The van der Waals surface area contributed by atoms with Crippen LogP contribution in [0.2, 0.25) is 0 Å². The van der Waals surface area contributed by atoms with Gasteiger partial charge in [0.1, 0.15) is 5.82 Å². The molecule has 2 rings (SSSR count). The maximum Gasteiger partial charge on any atom is 0.313 e. The van der Waals surface area contributed by atoms with Crippen molar-refractivity contribution in [2.24, 2.45) is 0 Å². The topological polar surface area (TPSA) is 78.2 Å². The van der Waals surface area contributed by atoms with Gasteiger partial charge < -0.3 is 5.11 Å². The minimum absolute atomic E-state index is 0.178. The number of aliphatic carboxylic acids is 1. The Labute approximate surface area is 142 Å². The Balaban J connectivity index is 2.08. The van der Waals surface area contributed by atoms with E-state index in [0.717, 1.165) is 23.4 Å². The summed E-state index contributed by atoms with van der Waals surface area (Å²) in [5.41, 5.74) is 1.45. The molecule has 24 heavy (non-hydrogen) atoms. The Morgan fingerprint density at radius 2 is 1.92 bits per heavy atom. The molecule has 0 atom stereocenters. The number of allylic oxidation sites excluding steroid dienone is 1. The molecule has 0 saturated heterocycles. The molecule has 0 aromatic heterocycles. The quantitative estimate of drug-likeness (QED) is 0.491. The number of benzene rings is 2. The first kappa shape index (κ1) is 17.4. The van der Waals surface area contributed by atoms with Crippen LogP contribution in [0.25, 0.3) is 6.08 Å². The molecule has 0 heterocycles. The van der Waals surface area contributed by atoms with Crippen molar-refractivity contribution in [3.63, 3.8) is 0 Å². The predicted molar refractivity (Wildman–Crippen MR) is 89.3 cm³/mol. The first-order valence-electron chi connectivity index (χ1n) is 6.86. The largest absolute Gasteiger partial charge is 0.481 e. The third kappa shape index (κ3) is 4.80. The van der Waals surface area contributed by atoms with Crippen molar-refractivity contribution in [2.75, 3.05) is 5.75 Å². The van der Waals surface area contributed by atoms with Crippen molar-refractivity contribution in [3.05, 3.63) is 71.0 Å². The Morgan fingerprint density at radius 3 is 2.50 bits per heavy atom. The van der Waals surface area contributed by atoms with Crippen LogP contribution in [0, 0.1) is 17.1 Å². The molecule has 0 aliphatic heterocycles. The zero-order valence-corrected chi connectivity index (χ0v) is 13.2. The second kappa shape index (κ2) is 8.09. The van der Waals surface area contributed by atoms with Gasteiger partial charge in [0.15, 0.2) is 5.78 Å². The van der Waals surface area contributed by atoms with E-state index in [4.69, 9.17) is 10.4 Å². The van der Waals surface area contributed by atoms with Gasteiger partial charge in [-0.1, -0.05) is 18.2 Å². The van der Waals surface area contributed by atoms with Gasteiger partial charge in [-0.15, -0.1) is 11.8 Å². The zero-order chi connectivity index (χ0) is 17.5. The van der Waals surface area contributed by atoms with Crippen LogP contribution < -0.4 is 0 Å². The van der Waals surface area contributed by atoms with Crippen molar-refractivity contribution in [1.82, 2.24) is 0 Å². The normalized spacial score (nSPS) is 10.5. The highest BCUT2D eigenvalue weighted by Crippen LogP contribution is 2.23. The highest BCUT2D eigenvalue weighted by atomic mass is 32.2. The molecular weight excluding hydrogens is 329 g/mol. The molecule has 6 heteroatoms. The standard InChI is InChI=1S/C18H12FNO3S/c19-15-9-14(6-8-17(15)24-11-18(22)23)16(21)7-5-12-1-3-13(10-20)4-2-12/h1-9H,11H2,(H,22,23)/b7-5+. The summed E-state index contributed by atoms with van der Waals surface area (Å²) in [6.07, 6.45) is 2.90. The molecule has 0 aliphatic carbocycles. The Morgan fingerprint density at radius 1 is 1.21 bits per heavy atom. The molecule has 0 bridgehead atoms. The second-order valence-corrected chi connectivity index (χ2v) is 5.78. The summed E-state index contributed by atoms with van der Waals surface area (Å²) in [6.45, 7) is 0. The first-order chi connectivity index (χ1) is 11.5. The van der Waals surface area contributed by atoms with Crippen LogP contribution in [0.4, 0.5) is 4.39 Å². The molecule has 0 amide bonds. The number of carboxylic acid groups (broad SMARTS) is 1. The number of halogens is 1. The lowest BCUT2D eigenvalue weighted by Gasteiger charge is -2.03. The zero-order valence-electron chi connectivity index (χ0n) is 12.4. The molecule has 1 N–H and O–H groups in total. The van der Waals surface area contributed by atoms with Crippen LogP contribution in [0.1, 0.15) is 21.5 Å². The lowest BCUT2D eigenvalue weighted by atomic mass is 10.1. The van der Waals surface area contributed by atoms with E-state index in [1.807, 2.05) is 6.07 Å². The number of hydrogen-bond acceptors (Lipinski definition) is 4. The number of nitriles is 1. The minimum atomic E-state index is -1.04. The lowest BCUT2D eigenvalue weighted by molar-refractivity contribution is -0.133. The van der Waals surface area contributed by atoms with E-state index in [-0.39, 0.29) is 22.0 Å². The molecule has 2 aromatic rings. The van der Waals surface area contributed by atoms with Crippen molar-refractivity contribution < 1.29 is 19.1 Å². The molecule has 4 nitrogen and oxygen atoms in total. The van der Waals surface area contributed by atoms with E-state index in [2.05, 4.69) is 0 Å². The van der Waals surface area contributed by atoms with Crippen molar-refractivity contribution >= 4 is 29.6 Å². The van der Waals surface area contributed by atoms with Crippen LogP contribution in [-0.4, -0.2) is 22.6 Å². The Kier molecular flexibility index (Phi) is 5.88. The fourth-order valence-electron chi connectivity index (χ4n) is 1.85. The van der Waals surface area contributed by atoms with E-state index in [1.165, 1.54) is 18.2 Å². The van der Waals surface area contributed by atoms with Crippen LogP contribution in [0.5, 0.6) is 0 Å². The van der Waals surface area contributed by atoms with E-state index in [1.54, 1.807) is 30.3 Å². The van der Waals surface area contributed by atoms with Crippen LogP contribution in [0.15, 0.2) is 53.4 Å². The number of carboxylic acids is 1. The molecule has 120 valence electrons. The Hall–Kier alpha value is -2.91. The number of carbonyl (C=O) groups excluding carboxylic acids is 1. The van der Waals surface area contributed by atoms with Gasteiger partial charge in [0.25, 0.3) is 0 Å². The highest BCUT2D eigenvalue weighted by Gasteiger charge is 2.09. The number of hydrogen-bond donors (Lipinski definition) is 1. The molecule has 0 saturated carbocycles. The van der Waals surface area contributed by atoms with E-state index < -0.39 is 11.8 Å². The highest BCUT2D eigenvalue weighted by molar-refractivity contribution is 8.00. The molecule has 2 aromatic carbocycles. The smallest absolute Gasteiger partial charge is 0.313 e. The lowest BCUT2D eigenvalue weighted by Crippen LogP contribution is -2.00. The number of thioether (sulfide) groups is 1. The molecule has 0 radical (unpaired) electrons. The van der Waals surface area contributed by atoms with E-state index in [9.17, 15) is 14.0 Å². The molecule has 0 fully saturated rings. The summed E-state index contributed by atoms with van der Waals surface area (Å²) in [5, 5.41) is 17.3. The number of nitrogens with zero attached hydrogens (tertiary/aromatic N) is 1. The van der Waals surface area contributed by atoms with Gasteiger partial charge in [0.2, 0.25) is 0 Å². The summed E-state index contributed by atoms with van der Waals surface area (Å²) in [7, 11) is 0. The summed E-state index contributed by atoms with van der Waals surface area (Å²) >= 11 is 0.859. The third-order valence-corrected chi connectivity index (χ3v) is 4.07. The average molecular weight is 341 g/mol. The van der Waals surface area contributed by atoms with Gasteiger partial charge in [-0.2, -0.15) is 5.26 Å². The first-order valence-corrected chi connectivity index (χ1v) is 7.85. The summed E-state index contributed by atoms with van der Waals surface area (Å²) in [5.74, 6) is -2.28. The van der Waals surface area contributed by atoms with Gasteiger partial charge >= 0.3 is 5.97 Å². The van der Waals surface area contributed by atoms with Crippen molar-refractivity contribution in [3.8, 4) is 6.07 Å². The van der Waals surface area contributed by atoms with Gasteiger partial charge in [0, 0.05) is 10.5 Å². The summed E-state index contributed by atoms with van der Waals surface area (Å²) in [4.78, 5) is 22.7. The summed E-state index contributed by atoms with van der Waals surface area (Å²) < 4.78 is 13.9. The monoisotopic (exact) mass is 341 g/mol. The molecule has 0 unspecified atom stereocenters. The fraction of sp³-hybridized carbons (Fsp3) is 0.0556. The fourth-order valence-corrected chi connectivity index (χ4v) is 2.49. The molecular formula is C18H12FNO3S. The maximum absolute atomic E-state index is 13.9. The van der Waals surface area contributed by atoms with Gasteiger partial charge in [-0.25, -0.2) is 4.39 Å². The summed E-state index contributed by atoms with van der Waals surface area (Å²) in [6, 6.07) is 12.6. The number of carbonyl (C=O) groups is 2. The van der Waals surface area contributed by atoms with Crippen LogP contribution >= 0.6 is 11.8 Å². The SMILES string of the molecule is N#Cc1ccc(/C=C/C(=O)c2ccc(SCC(=O)O)c(F)c2)cc1. The maximum atomic E-state index is 13.9. The van der Waals surface area contributed by atoms with Crippen molar-refractivity contribution in [2.45, 2.75) is 4.90 Å². The van der Waals surface area contributed by atoms with Crippen molar-refractivity contribution in [1.29, 1.82) is 5.26 Å². The third-order valence-electron chi connectivity index (χ3n) is 3.03. The molecule has 0 spiro atoms. The van der Waals surface area contributed by atoms with E-state index in [0.29, 0.717) is 5.56 Å². The molecule has 0 aliphatic rings. The van der Waals surface area contributed by atoms with Gasteiger partial charge in [-0.05, 0) is 42.0 Å². The van der Waals surface area contributed by atoms with Gasteiger partial charge in [0.05, 0.1) is 17.4 Å². The van der Waals surface area contributed by atoms with Crippen LogP contribution in [0.3, 0.4) is 0 Å². The average Bonchev–Trinajstić information content (AvgIpc) is 2.58. The predicted octanol–water partition coefficient (Wildman–Crippen LogP) is 3.77. The van der Waals surface area contributed by atoms with Gasteiger partial charge in [-0.3, -0.25) is 9.59 Å². The Bertz CT molecular complexity index is 838. The van der Waals surface area contributed by atoms with E-state index >= 15 is 0 Å².